The van der Waals surface area contributed by atoms with Gasteiger partial charge in [-0.15, -0.1) is 11.3 Å². The van der Waals surface area contributed by atoms with Gasteiger partial charge in [-0.1, -0.05) is 19.3 Å². The summed E-state index contributed by atoms with van der Waals surface area (Å²) in [4.78, 5) is 16.6. The van der Waals surface area contributed by atoms with Crippen LogP contribution in [0.5, 0.6) is 0 Å². The monoisotopic (exact) mass is 412 g/mol. The van der Waals surface area contributed by atoms with Crippen molar-refractivity contribution in [3.8, 4) is 11.4 Å². The molecule has 152 valence electrons. The molecule has 1 aliphatic carbocycles. The fourth-order valence-corrected chi connectivity index (χ4v) is 4.80. The van der Waals surface area contributed by atoms with Crippen molar-refractivity contribution in [3.05, 3.63) is 52.8 Å². The third-order valence-electron chi connectivity index (χ3n) is 5.66. The van der Waals surface area contributed by atoms with Gasteiger partial charge in [-0.2, -0.15) is 0 Å². The number of hydrogen-bond acceptors (Lipinski definition) is 4. The Morgan fingerprint density at radius 2 is 2.00 bits per heavy atom. The van der Waals surface area contributed by atoms with Crippen LogP contribution in [-0.4, -0.2) is 15.5 Å². The Morgan fingerprint density at radius 3 is 2.69 bits per heavy atom. The van der Waals surface area contributed by atoms with Crippen LogP contribution in [-0.2, 0) is 6.54 Å². The van der Waals surface area contributed by atoms with Crippen molar-refractivity contribution < 1.29 is 9.18 Å². The predicted octanol–water partition coefficient (Wildman–Crippen LogP) is 5.48. The highest BCUT2D eigenvalue weighted by Gasteiger charge is 2.22. The first-order valence-electron chi connectivity index (χ1n) is 9.99. The summed E-state index contributed by atoms with van der Waals surface area (Å²) in [5.41, 5.74) is 9.58. The van der Waals surface area contributed by atoms with E-state index in [4.69, 9.17) is 10.7 Å². The van der Waals surface area contributed by atoms with Gasteiger partial charge >= 0.3 is 0 Å². The lowest BCUT2D eigenvalue weighted by atomic mass is 9.89. The van der Waals surface area contributed by atoms with Crippen LogP contribution < -0.4 is 11.1 Å². The van der Waals surface area contributed by atoms with Crippen LogP contribution in [0.15, 0.2) is 35.7 Å². The molecule has 3 N–H and O–H groups in total. The van der Waals surface area contributed by atoms with E-state index in [1.165, 1.54) is 55.6 Å². The van der Waals surface area contributed by atoms with Crippen LogP contribution in [0.4, 0.5) is 15.2 Å². The summed E-state index contributed by atoms with van der Waals surface area (Å²) in [6, 6.07) is 8.04. The summed E-state index contributed by atoms with van der Waals surface area (Å²) in [6.07, 6.45) is 6.29. The average molecular weight is 413 g/mol. The number of hydrogen-bond donors (Lipinski definition) is 2. The minimum atomic E-state index is -0.411. The fourth-order valence-electron chi connectivity index (χ4n) is 4.08. The Morgan fingerprint density at radius 1 is 1.28 bits per heavy atom. The molecule has 0 aliphatic heterocycles. The van der Waals surface area contributed by atoms with Crippen molar-refractivity contribution in [3.63, 3.8) is 0 Å². The van der Waals surface area contributed by atoms with Crippen LogP contribution in [0.1, 0.15) is 48.2 Å². The first-order valence-corrected chi connectivity index (χ1v) is 10.9. The Labute approximate surface area is 173 Å². The number of nitrogens with zero attached hydrogens (tertiary/aromatic N) is 2. The second kappa shape index (κ2) is 8.37. The summed E-state index contributed by atoms with van der Waals surface area (Å²) in [5, 5.41) is 5.90. The van der Waals surface area contributed by atoms with Gasteiger partial charge in [0.05, 0.1) is 17.0 Å². The number of amides is 1. The average Bonchev–Trinajstić information content (AvgIpc) is 3.29. The molecule has 0 spiro atoms. The Kier molecular flexibility index (Phi) is 5.67. The van der Waals surface area contributed by atoms with Gasteiger partial charge in [-0.3, -0.25) is 4.79 Å². The van der Waals surface area contributed by atoms with E-state index in [1.54, 1.807) is 12.1 Å². The standard InChI is InChI=1S/C22H25FN4OS/c1-14-18(21(24)28)11-20(27(14)12-15-5-3-2-4-6-15)19-13-29-22(26-19)25-17-9-7-16(23)8-10-17/h7-11,13,15H,2-6,12H2,1H3,(H2,24,28)(H,25,26). The zero-order valence-electron chi connectivity index (χ0n) is 16.5. The first kappa shape index (κ1) is 19.6. The van der Waals surface area contributed by atoms with E-state index < -0.39 is 5.91 Å². The number of aromatic nitrogens is 2. The number of halogens is 1. The molecule has 5 nitrogen and oxygen atoms in total. The van der Waals surface area contributed by atoms with E-state index in [0.29, 0.717) is 11.5 Å². The molecule has 1 saturated carbocycles. The predicted molar refractivity (Wildman–Crippen MR) is 115 cm³/mol. The van der Waals surface area contributed by atoms with Crippen molar-refractivity contribution in [2.45, 2.75) is 45.6 Å². The molecule has 4 rings (SSSR count). The Hall–Kier alpha value is -2.67. The maximum absolute atomic E-state index is 13.1. The van der Waals surface area contributed by atoms with E-state index >= 15 is 0 Å². The van der Waals surface area contributed by atoms with Crippen LogP contribution in [0, 0.1) is 18.7 Å². The summed E-state index contributed by atoms with van der Waals surface area (Å²) in [5.74, 6) is -0.0684. The highest BCUT2D eigenvalue weighted by atomic mass is 32.1. The summed E-state index contributed by atoms with van der Waals surface area (Å²) in [6.45, 7) is 2.84. The molecule has 29 heavy (non-hydrogen) atoms. The normalized spacial score (nSPS) is 14.8. The quantitative estimate of drug-likeness (QED) is 0.563. The van der Waals surface area contributed by atoms with Crippen molar-refractivity contribution in [2.75, 3.05) is 5.32 Å². The van der Waals surface area contributed by atoms with Gasteiger partial charge < -0.3 is 15.6 Å². The number of thiazole rings is 1. The van der Waals surface area contributed by atoms with Crippen LogP contribution in [0.3, 0.4) is 0 Å². The third-order valence-corrected chi connectivity index (χ3v) is 6.42. The number of anilines is 2. The maximum atomic E-state index is 13.1. The molecule has 7 heteroatoms. The molecule has 3 aromatic rings. The third kappa shape index (κ3) is 4.34. The molecule has 1 fully saturated rings. The minimum absolute atomic E-state index is 0.273. The van der Waals surface area contributed by atoms with Crippen molar-refractivity contribution in [2.24, 2.45) is 11.7 Å². The largest absolute Gasteiger partial charge is 0.366 e. The van der Waals surface area contributed by atoms with Gasteiger partial charge in [0.15, 0.2) is 5.13 Å². The zero-order chi connectivity index (χ0) is 20.4. The van der Waals surface area contributed by atoms with Gasteiger partial charge in [0.1, 0.15) is 5.82 Å². The molecule has 0 saturated heterocycles. The number of nitrogens with one attached hydrogen (secondary N) is 1. The number of carbonyl (C=O) groups is 1. The molecule has 1 aliphatic rings. The molecule has 0 unspecified atom stereocenters. The second-order valence-corrected chi connectivity index (χ2v) is 8.54. The van der Waals surface area contributed by atoms with Crippen molar-refractivity contribution >= 4 is 28.1 Å². The van der Waals surface area contributed by atoms with E-state index in [0.717, 1.165) is 34.4 Å². The van der Waals surface area contributed by atoms with Gasteiger partial charge in [-0.25, -0.2) is 9.37 Å². The highest BCUT2D eigenvalue weighted by molar-refractivity contribution is 7.14. The van der Waals surface area contributed by atoms with Crippen LogP contribution >= 0.6 is 11.3 Å². The SMILES string of the molecule is Cc1c(C(N)=O)cc(-c2csc(Nc3ccc(F)cc3)n2)n1CC1CCCCC1. The van der Waals surface area contributed by atoms with Crippen molar-refractivity contribution in [1.82, 2.24) is 9.55 Å². The molecule has 2 aromatic heterocycles. The number of rotatable bonds is 6. The molecule has 0 bridgehead atoms. The van der Waals surface area contributed by atoms with Gasteiger partial charge in [0, 0.05) is 23.3 Å². The van der Waals surface area contributed by atoms with Gasteiger partial charge in [0.2, 0.25) is 0 Å². The summed E-state index contributed by atoms with van der Waals surface area (Å²) < 4.78 is 15.3. The first-order chi connectivity index (χ1) is 14.0. The van der Waals surface area contributed by atoms with Crippen LogP contribution in [0.25, 0.3) is 11.4 Å². The molecule has 0 radical (unpaired) electrons. The van der Waals surface area contributed by atoms with Crippen LogP contribution in [0.2, 0.25) is 0 Å². The number of carbonyl (C=O) groups excluding carboxylic acids is 1. The molecule has 1 aromatic carbocycles. The molecule has 0 atom stereocenters. The molecule has 2 heterocycles. The number of benzene rings is 1. The lowest BCUT2D eigenvalue weighted by Crippen LogP contribution is -2.17. The summed E-state index contributed by atoms with van der Waals surface area (Å²) in [7, 11) is 0. The Balaban J connectivity index is 1.63. The van der Waals surface area contributed by atoms with Gasteiger partial charge in [0.25, 0.3) is 5.91 Å². The van der Waals surface area contributed by atoms with E-state index in [1.807, 2.05) is 18.4 Å². The Bertz CT molecular complexity index is 1000. The van der Waals surface area contributed by atoms with E-state index in [9.17, 15) is 9.18 Å². The highest BCUT2D eigenvalue weighted by Crippen LogP contribution is 2.33. The van der Waals surface area contributed by atoms with Gasteiger partial charge in [-0.05, 0) is 56.0 Å². The summed E-state index contributed by atoms with van der Waals surface area (Å²) >= 11 is 1.48. The smallest absolute Gasteiger partial charge is 0.250 e. The molecule has 1 amide bonds. The fraction of sp³-hybridized carbons (Fsp3) is 0.364. The lowest BCUT2D eigenvalue weighted by Gasteiger charge is -2.24. The van der Waals surface area contributed by atoms with Crippen molar-refractivity contribution in [1.29, 1.82) is 0 Å². The maximum Gasteiger partial charge on any atom is 0.250 e. The minimum Gasteiger partial charge on any atom is -0.366 e. The van der Waals surface area contributed by atoms with E-state index in [-0.39, 0.29) is 5.82 Å². The second-order valence-electron chi connectivity index (χ2n) is 7.68. The topological polar surface area (TPSA) is 72.9 Å². The molecular weight excluding hydrogens is 387 g/mol. The number of nitrogens with two attached hydrogens (primary N) is 1. The van der Waals surface area contributed by atoms with E-state index in [2.05, 4.69) is 9.88 Å². The lowest BCUT2D eigenvalue weighted by molar-refractivity contribution is 0.0999. The zero-order valence-corrected chi connectivity index (χ0v) is 17.3. The number of primary amides is 1. The molecular formula is C22H25FN4OS.